The maximum absolute atomic E-state index is 12.9. The zero-order valence-electron chi connectivity index (χ0n) is 9.40. The van der Waals surface area contributed by atoms with Gasteiger partial charge in [0.05, 0.1) is 11.7 Å². The standard InChI is InChI=1S/C12H15FN2O2/c13-8-1-2-10(11(14)7-8)12(17)15-5-3-9(16)4-6-15/h1-2,7,9,16H,3-6,14H2. The predicted molar refractivity (Wildman–Crippen MR) is 62.0 cm³/mol. The first kappa shape index (κ1) is 11.9. The van der Waals surface area contributed by atoms with E-state index in [0.29, 0.717) is 31.5 Å². The number of rotatable bonds is 1. The molecule has 0 atom stereocenters. The van der Waals surface area contributed by atoms with Crippen molar-refractivity contribution < 1.29 is 14.3 Å². The Labute approximate surface area is 98.8 Å². The largest absolute Gasteiger partial charge is 0.398 e. The van der Waals surface area contributed by atoms with Gasteiger partial charge in [-0.3, -0.25) is 4.79 Å². The molecule has 0 aliphatic carbocycles. The Balaban J connectivity index is 2.14. The molecule has 1 aliphatic rings. The number of halogens is 1. The molecule has 1 saturated heterocycles. The first-order valence-corrected chi connectivity index (χ1v) is 5.60. The fourth-order valence-electron chi connectivity index (χ4n) is 1.97. The van der Waals surface area contributed by atoms with E-state index in [1.807, 2.05) is 0 Å². The molecule has 5 heteroatoms. The van der Waals surface area contributed by atoms with Crippen LogP contribution in [-0.2, 0) is 0 Å². The topological polar surface area (TPSA) is 66.6 Å². The summed E-state index contributed by atoms with van der Waals surface area (Å²) >= 11 is 0. The van der Waals surface area contributed by atoms with Crippen molar-refractivity contribution in [1.29, 1.82) is 0 Å². The monoisotopic (exact) mass is 238 g/mol. The molecule has 1 aromatic rings. The number of likely N-dealkylation sites (tertiary alicyclic amines) is 1. The highest BCUT2D eigenvalue weighted by Gasteiger charge is 2.23. The zero-order chi connectivity index (χ0) is 12.4. The number of anilines is 1. The van der Waals surface area contributed by atoms with E-state index in [9.17, 15) is 14.3 Å². The zero-order valence-corrected chi connectivity index (χ0v) is 9.40. The maximum Gasteiger partial charge on any atom is 0.255 e. The average molecular weight is 238 g/mol. The molecule has 0 saturated carbocycles. The fraction of sp³-hybridized carbons (Fsp3) is 0.417. The van der Waals surface area contributed by atoms with Gasteiger partial charge in [-0.1, -0.05) is 0 Å². The summed E-state index contributed by atoms with van der Waals surface area (Å²) in [5.41, 5.74) is 6.10. The molecule has 4 nitrogen and oxygen atoms in total. The summed E-state index contributed by atoms with van der Waals surface area (Å²) in [7, 11) is 0. The van der Waals surface area contributed by atoms with Crippen molar-refractivity contribution in [2.45, 2.75) is 18.9 Å². The summed E-state index contributed by atoms with van der Waals surface area (Å²) in [6, 6.07) is 3.77. The third kappa shape index (κ3) is 2.55. The van der Waals surface area contributed by atoms with Gasteiger partial charge >= 0.3 is 0 Å². The predicted octanol–water partition coefficient (Wildman–Crippen LogP) is 1.00. The number of hydrogen-bond acceptors (Lipinski definition) is 3. The van der Waals surface area contributed by atoms with Crippen molar-refractivity contribution in [1.82, 2.24) is 4.90 Å². The Morgan fingerprint density at radius 2 is 2.06 bits per heavy atom. The van der Waals surface area contributed by atoms with Crippen LogP contribution in [0.3, 0.4) is 0 Å². The number of piperidine rings is 1. The normalized spacial score (nSPS) is 17.2. The van der Waals surface area contributed by atoms with Gasteiger partial charge in [-0.2, -0.15) is 0 Å². The van der Waals surface area contributed by atoms with Crippen molar-refractivity contribution in [3.8, 4) is 0 Å². The Morgan fingerprint density at radius 3 is 2.65 bits per heavy atom. The van der Waals surface area contributed by atoms with Gasteiger partial charge in [0.2, 0.25) is 0 Å². The number of nitrogens with zero attached hydrogens (tertiary/aromatic N) is 1. The van der Waals surface area contributed by atoms with Crippen molar-refractivity contribution in [2.75, 3.05) is 18.8 Å². The molecule has 1 amide bonds. The number of nitrogen functional groups attached to an aromatic ring is 1. The maximum atomic E-state index is 12.9. The Bertz CT molecular complexity index is 429. The number of aliphatic hydroxyl groups is 1. The number of amides is 1. The van der Waals surface area contributed by atoms with Crippen LogP contribution in [0, 0.1) is 5.82 Å². The van der Waals surface area contributed by atoms with Crippen molar-refractivity contribution in [3.05, 3.63) is 29.6 Å². The number of carbonyl (C=O) groups is 1. The molecule has 2 rings (SSSR count). The molecule has 0 aromatic heterocycles. The molecule has 1 aromatic carbocycles. The second-order valence-corrected chi connectivity index (χ2v) is 4.25. The number of aliphatic hydroxyl groups excluding tert-OH is 1. The van der Waals surface area contributed by atoms with Crippen molar-refractivity contribution in [3.63, 3.8) is 0 Å². The molecule has 0 radical (unpaired) electrons. The summed E-state index contributed by atoms with van der Waals surface area (Å²) in [5, 5.41) is 9.36. The highest BCUT2D eigenvalue weighted by Crippen LogP contribution is 2.18. The molecule has 1 heterocycles. The summed E-state index contributed by atoms with van der Waals surface area (Å²) < 4.78 is 12.9. The molecule has 1 aliphatic heterocycles. The third-order valence-electron chi connectivity index (χ3n) is 3.00. The first-order valence-electron chi connectivity index (χ1n) is 5.60. The first-order chi connectivity index (χ1) is 8.08. The van der Waals surface area contributed by atoms with Crippen LogP contribution in [0.2, 0.25) is 0 Å². The van der Waals surface area contributed by atoms with Gasteiger partial charge in [-0.15, -0.1) is 0 Å². The van der Waals surface area contributed by atoms with E-state index < -0.39 is 5.82 Å². The minimum atomic E-state index is -0.451. The number of carbonyl (C=O) groups excluding carboxylic acids is 1. The molecular formula is C12H15FN2O2. The van der Waals surface area contributed by atoms with E-state index in [4.69, 9.17) is 5.73 Å². The van der Waals surface area contributed by atoms with Crippen molar-refractivity contribution >= 4 is 11.6 Å². The molecule has 0 spiro atoms. The third-order valence-corrected chi connectivity index (χ3v) is 3.00. The average Bonchev–Trinajstić information content (AvgIpc) is 2.29. The van der Waals surface area contributed by atoms with Gasteiger partial charge in [-0.25, -0.2) is 4.39 Å². The highest BCUT2D eigenvalue weighted by molar-refractivity contribution is 5.99. The van der Waals surface area contributed by atoms with E-state index in [1.54, 1.807) is 4.90 Å². The van der Waals surface area contributed by atoms with Crippen LogP contribution < -0.4 is 5.73 Å². The molecule has 3 N–H and O–H groups in total. The SMILES string of the molecule is Nc1cc(F)ccc1C(=O)N1CCC(O)CC1. The van der Waals surface area contributed by atoms with Crippen LogP contribution in [0.4, 0.5) is 10.1 Å². The Kier molecular flexibility index (Phi) is 3.28. The smallest absolute Gasteiger partial charge is 0.255 e. The van der Waals surface area contributed by atoms with Crippen LogP contribution in [-0.4, -0.2) is 35.1 Å². The van der Waals surface area contributed by atoms with Crippen LogP contribution in [0.5, 0.6) is 0 Å². The number of nitrogens with two attached hydrogens (primary N) is 1. The van der Waals surface area contributed by atoms with Gasteiger partial charge < -0.3 is 15.7 Å². The van der Waals surface area contributed by atoms with Crippen LogP contribution in [0.25, 0.3) is 0 Å². The summed E-state index contributed by atoms with van der Waals surface area (Å²) in [5.74, 6) is -0.650. The van der Waals surface area contributed by atoms with Gasteiger partial charge in [0, 0.05) is 18.8 Å². The van der Waals surface area contributed by atoms with Crippen LogP contribution in [0.1, 0.15) is 23.2 Å². The lowest BCUT2D eigenvalue weighted by Gasteiger charge is -2.29. The van der Waals surface area contributed by atoms with Gasteiger partial charge in [-0.05, 0) is 31.0 Å². The number of benzene rings is 1. The van der Waals surface area contributed by atoms with Crippen molar-refractivity contribution in [2.24, 2.45) is 0 Å². The number of hydrogen-bond donors (Lipinski definition) is 2. The van der Waals surface area contributed by atoms with Crippen LogP contribution in [0.15, 0.2) is 18.2 Å². The minimum absolute atomic E-state index is 0.154. The van der Waals surface area contributed by atoms with Crippen LogP contribution >= 0.6 is 0 Å². The fourth-order valence-corrected chi connectivity index (χ4v) is 1.97. The van der Waals surface area contributed by atoms with Gasteiger partial charge in [0.15, 0.2) is 0 Å². The van der Waals surface area contributed by atoms with E-state index in [0.717, 1.165) is 6.07 Å². The van der Waals surface area contributed by atoms with E-state index >= 15 is 0 Å². The summed E-state index contributed by atoms with van der Waals surface area (Å²) in [6.45, 7) is 1.02. The van der Waals surface area contributed by atoms with E-state index in [1.165, 1.54) is 12.1 Å². The van der Waals surface area contributed by atoms with Gasteiger partial charge in [0.25, 0.3) is 5.91 Å². The minimum Gasteiger partial charge on any atom is -0.398 e. The molecule has 0 bridgehead atoms. The lowest BCUT2D eigenvalue weighted by molar-refractivity contribution is 0.0547. The highest BCUT2D eigenvalue weighted by atomic mass is 19.1. The molecule has 17 heavy (non-hydrogen) atoms. The lowest BCUT2D eigenvalue weighted by Crippen LogP contribution is -2.40. The molecular weight excluding hydrogens is 223 g/mol. The molecule has 92 valence electrons. The second-order valence-electron chi connectivity index (χ2n) is 4.25. The van der Waals surface area contributed by atoms with E-state index in [2.05, 4.69) is 0 Å². The Morgan fingerprint density at radius 1 is 1.41 bits per heavy atom. The quantitative estimate of drug-likeness (QED) is 0.717. The summed E-state index contributed by atoms with van der Waals surface area (Å²) in [4.78, 5) is 13.7. The lowest BCUT2D eigenvalue weighted by atomic mass is 10.1. The molecule has 0 unspecified atom stereocenters. The second kappa shape index (κ2) is 4.71. The Hall–Kier alpha value is -1.62. The molecule has 1 fully saturated rings. The van der Waals surface area contributed by atoms with Gasteiger partial charge in [0.1, 0.15) is 5.82 Å². The van der Waals surface area contributed by atoms with E-state index in [-0.39, 0.29) is 17.7 Å². The summed E-state index contributed by atoms with van der Waals surface area (Å²) in [6.07, 6.45) is 0.823.